The molecule has 1 N–H and O–H groups in total. The van der Waals surface area contributed by atoms with Gasteiger partial charge in [0.25, 0.3) is 0 Å². The van der Waals surface area contributed by atoms with Crippen LogP contribution in [0.15, 0.2) is 45.9 Å². The van der Waals surface area contributed by atoms with Gasteiger partial charge < -0.3 is 10.1 Å². The molecule has 0 amide bonds. The summed E-state index contributed by atoms with van der Waals surface area (Å²) in [6, 6.07) is 7.51. The van der Waals surface area contributed by atoms with Gasteiger partial charge in [-0.05, 0) is 30.3 Å². The highest BCUT2D eigenvalue weighted by atomic mass is 79.9. The molecule has 9 heteroatoms. The number of hydrogen-bond acceptors (Lipinski definition) is 5. The summed E-state index contributed by atoms with van der Waals surface area (Å²) in [5.41, 5.74) is 0.435. The maximum atomic E-state index is 12.4. The third kappa shape index (κ3) is 4.87. The number of anilines is 1. The molecule has 0 aliphatic heterocycles. The van der Waals surface area contributed by atoms with Gasteiger partial charge in [-0.25, -0.2) is 13.4 Å². The quantitative estimate of drug-likeness (QED) is 0.795. The molecule has 0 aliphatic rings. The Kier molecular flexibility index (Phi) is 5.53. The Hall–Kier alpha value is -1.74. The minimum absolute atomic E-state index is 0.00698. The van der Waals surface area contributed by atoms with E-state index in [1.165, 1.54) is 24.4 Å². The Morgan fingerprint density at radius 1 is 1.35 bits per heavy atom. The minimum atomic E-state index is -3.46. The van der Waals surface area contributed by atoms with Crippen LogP contribution in [0.25, 0.3) is 0 Å². The number of nitrogens with zero attached hydrogens (tertiary/aromatic N) is 1. The summed E-state index contributed by atoms with van der Waals surface area (Å²) in [6.45, 7) is -2.88. The zero-order valence-corrected chi connectivity index (χ0v) is 14.4. The number of benzene rings is 1. The molecule has 0 fully saturated rings. The van der Waals surface area contributed by atoms with Crippen LogP contribution in [0.1, 0.15) is 5.56 Å². The second-order valence-corrected chi connectivity index (χ2v) is 7.51. The number of halogens is 3. The highest BCUT2D eigenvalue weighted by molar-refractivity contribution is 9.10. The van der Waals surface area contributed by atoms with Crippen molar-refractivity contribution in [1.29, 1.82) is 0 Å². The third-order valence-electron chi connectivity index (χ3n) is 2.86. The topological polar surface area (TPSA) is 68.3 Å². The van der Waals surface area contributed by atoms with Gasteiger partial charge in [0.1, 0.15) is 16.5 Å². The van der Waals surface area contributed by atoms with Crippen molar-refractivity contribution in [2.45, 2.75) is 18.1 Å². The zero-order chi connectivity index (χ0) is 17.0. The van der Waals surface area contributed by atoms with E-state index < -0.39 is 16.4 Å². The van der Waals surface area contributed by atoms with Crippen LogP contribution in [-0.4, -0.2) is 26.3 Å². The Morgan fingerprint density at radius 2 is 2.09 bits per heavy atom. The van der Waals surface area contributed by atoms with Crippen molar-refractivity contribution >= 4 is 31.6 Å². The van der Waals surface area contributed by atoms with Gasteiger partial charge in [0.15, 0.2) is 9.84 Å². The van der Waals surface area contributed by atoms with E-state index in [1.807, 2.05) is 0 Å². The predicted octanol–water partition coefficient (Wildman–Crippen LogP) is 3.46. The number of aromatic nitrogens is 1. The van der Waals surface area contributed by atoms with E-state index in [-0.39, 0.29) is 23.0 Å². The molecular weight excluding hydrogens is 394 g/mol. The lowest BCUT2D eigenvalue weighted by atomic mass is 10.2. The van der Waals surface area contributed by atoms with Crippen LogP contribution in [-0.2, 0) is 16.4 Å². The fourth-order valence-electron chi connectivity index (χ4n) is 1.90. The first-order valence-electron chi connectivity index (χ1n) is 6.39. The summed E-state index contributed by atoms with van der Waals surface area (Å²) < 4.78 is 53.5. The predicted molar refractivity (Wildman–Crippen MR) is 85.4 cm³/mol. The summed E-state index contributed by atoms with van der Waals surface area (Å²) in [5.74, 6) is 0.158. The van der Waals surface area contributed by atoms with Crippen molar-refractivity contribution in [3.63, 3.8) is 0 Å². The fourth-order valence-corrected chi connectivity index (χ4v) is 3.11. The summed E-state index contributed by atoms with van der Waals surface area (Å²) >= 11 is 3.25. The molecule has 0 atom stereocenters. The first kappa shape index (κ1) is 17.6. The molecule has 124 valence electrons. The van der Waals surface area contributed by atoms with Crippen molar-refractivity contribution in [3.05, 3.63) is 46.6 Å². The molecule has 0 radical (unpaired) electrons. The van der Waals surface area contributed by atoms with Crippen LogP contribution >= 0.6 is 15.9 Å². The van der Waals surface area contributed by atoms with E-state index in [0.29, 0.717) is 10.0 Å². The SMILES string of the molecule is CS(=O)(=O)c1cccnc1NCc1cc(Br)ccc1OC(F)F. The van der Waals surface area contributed by atoms with Crippen molar-refractivity contribution in [2.24, 2.45) is 0 Å². The highest BCUT2D eigenvalue weighted by Gasteiger charge is 2.15. The first-order chi connectivity index (χ1) is 10.8. The molecule has 1 heterocycles. The maximum Gasteiger partial charge on any atom is 0.387 e. The number of sulfone groups is 1. The number of rotatable bonds is 6. The van der Waals surface area contributed by atoms with Gasteiger partial charge in [-0.1, -0.05) is 15.9 Å². The molecule has 0 spiro atoms. The third-order valence-corrected chi connectivity index (χ3v) is 4.48. The number of hydrogen-bond donors (Lipinski definition) is 1. The molecule has 1 aromatic carbocycles. The van der Waals surface area contributed by atoms with Crippen LogP contribution in [0.5, 0.6) is 5.75 Å². The van der Waals surface area contributed by atoms with Gasteiger partial charge >= 0.3 is 6.61 Å². The monoisotopic (exact) mass is 406 g/mol. The van der Waals surface area contributed by atoms with Gasteiger partial charge in [-0.2, -0.15) is 8.78 Å². The molecule has 0 saturated heterocycles. The lowest BCUT2D eigenvalue weighted by molar-refractivity contribution is -0.0504. The van der Waals surface area contributed by atoms with Gasteiger partial charge in [0, 0.05) is 29.0 Å². The summed E-state index contributed by atoms with van der Waals surface area (Å²) in [4.78, 5) is 4.02. The van der Waals surface area contributed by atoms with E-state index >= 15 is 0 Å². The van der Waals surface area contributed by atoms with Gasteiger partial charge in [-0.3, -0.25) is 0 Å². The molecule has 0 saturated carbocycles. The molecule has 0 aliphatic carbocycles. The Balaban J connectivity index is 2.27. The maximum absolute atomic E-state index is 12.4. The second kappa shape index (κ2) is 7.22. The van der Waals surface area contributed by atoms with Crippen LogP contribution in [0.3, 0.4) is 0 Å². The average molecular weight is 407 g/mol. The lowest BCUT2D eigenvalue weighted by Gasteiger charge is -2.13. The highest BCUT2D eigenvalue weighted by Crippen LogP contribution is 2.26. The normalized spacial score (nSPS) is 11.5. The minimum Gasteiger partial charge on any atom is -0.434 e. The molecule has 0 bridgehead atoms. The molecule has 1 aromatic heterocycles. The van der Waals surface area contributed by atoms with Gasteiger partial charge in [0.2, 0.25) is 0 Å². The number of alkyl halides is 2. The van der Waals surface area contributed by atoms with Gasteiger partial charge in [-0.15, -0.1) is 0 Å². The van der Waals surface area contributed by atoms with Crippen molar-refractivity contribution in [3.8, 4) is 5.75 Å². The Morgan fingerprint density at radius 3 is 2.74 bits per heavy atom. The molecule has 2 aromatic rings. The van der Waals surface area contributed by atoms with Crippen LogP contribution in [0, 0.1) is 0 Å². The van der Waals surface area contributed by atoms with E-state index in [0.717, 1.165) is 6.26 Å². The zero-order valence-electron chi connectivity index (χ0n) is 12.0. The number of pyridine rings is 1. The fraction of sp³-hybridized carbons (Fsp3) is 0.214. The number of nitrogens with one attached hydrogen (secondary N) is 1. The average Bonchev–Trinajstić information content (AvgIpc) is 2.46. The van der Waals surface area contributed by atoms with Crippen molar-refractivity contribution < 1.29 is 21.9 Å². The molecule has 2 rings (SSSR count). The van der Waals surface area contributed by atoms with E-state index in [4.69, 9.17) is 0 Å². The van der Waals surface area contributed by atoms with Crippen LogP contribution in [0.4, 0.5) is 14.6 Å². The van der Waals surface area contributed by atoms with Crippen molar-refractivity contribution in [1.82, 2.24) is 4.98 Å². The van der Waals surface area contributed by atoms with Gasteiger partial charge in [0.05, 0.1) is 0 Å². The Bertz CT molecular complexity index is 800. The molecule has 23 heavy (non-hydrogen) atoms. The van der Waals surface area contributed by atoms with Crippen molar-refractivity contribution in [2.75, 3.05) is 11.6 Å². The summed E-state index contributed by atoms with van der Waals surface area (Å²) in [7, 11) is -3.46. The van der Waals surface area contributed by atoms with E-state index in [2.05, 4.69) is 31.0 Å². The Labute approximate surface area is 140 Å². The molecule has 5 nitrogen and oxygen atoms in total. The van der Waals surface area contributed by atoms with E-state index in [1.54, 1.807) is 12.1 Å². The summed E-state index contributed by atoms with van der Waals surface area (Å²) in [6.07, 6.45) is 2.51. The first-order valence-corrected chi connectivity index (χ1v) is 9.08. The summed E-state index contributed by atoms with van der Waals surface area (Å²) in [5, 5.41) is 2.84. The smallest absolute Gasteiger partial charge is 0.387 e. The number of ether oxygens (including phenoxy) is 1. The second-order valence-electron chi connectivity index (χ2n) is 4.61. The van der Waals surface area contributed by atoms with Crippen LogP contribution in [0.2, 0.25) is 0 Å². The molecule has 0 unspecified atom stereocenters. The van der Waals surface area contributed by atoms with Crippen LogP contribution < -0.4 is 10.1 Å². The molecular formula is C14H13BrF2N2O3S. The largest absolute Gasteiger partial charge is 0.434 e. The standard InChI is InChI=1S/C14H13BrF2N2O3S/c1-23(20,21)12-3-2-6-18-13(12)19-8-9-7-10(15)4-5-11(9)22-14(16)17/h2-7,14H,8H2,1H3,(H,18,19). The lowest BCUT2D eigenvalue weighted by Crippen LogP contribution is -2.10. The van der Waals surface area contributed by atoms with E-state index in [9.17, 15) is 17.2 Å².